The standard InChI is InChI=1S/C23H23BrN4O2/c1-15-7-8-17(13-16(15)2)20-14-21(26-25-20)23(30)28-11-9-27(10-12-28)22(29)18-5-3-4-6-19(18)24/h3-8,13-14H,9-12H2,1-2H3,(H,25,26). The highest BCUT2D eigenvalue weighted by molar-refractivity contribution is 9.10. The number of amides is 2. The van der Waals surface area contributed by atoms with Gasteiger partial charge in [0.05, 0.1) is 11.3 Å². The van der Waals surface area contributed by atoms with Gasteiger partial charge in [0.2, 0.25) is 0 Å². The van der Waals surface area contributed by atoms with Gasteiger partial charge in [0.25, 0.3) is 11.8 Å². The number of carbonyl (C=O) groups excluding carboxylic acids is 2. The Morgan fingerprint density at radius 3 is 2.23 bits per heavy atom. The number of H-pyrrole nitrogens is 1. The van der Waals surface area contributed by atoms with Gasteiger partial charge < -0.3 is 9.80 Å². The number of carbonyl (C=O) groups is 2. The minimum absolute atomic E-state index is 0.0202. The van der Waals surface area contributed by atoms with Crippen LogP contribution in [0.25, 0.3) is 11.3 Å². The Labute approximate surface area is 184 Å². The van der Waals surface area contributed by atoms with Crippen molar-refractivity contribution in [2.45, 2.75) is 13.8 Å². The van der Waals surface area contributed by atoms with Crippen molar-refractivity contribution < 1.29 is 9.59 Å². The van der Waals surface area contributed by atoms with E-state index < -0.39 is 0 Å². The highest BCUT2D eigenvalue weighted by Gasteiger charge is 2.27. The first kappa shape index (κ1) is 20.3. The number of rotatable bonds is 3. The molecule has 2 aromatic carbocycles. The first-order valence-electron chi connectivity index (χ1n) is 9.90. The summed E-state index contributed by atoms with van der Waals surface area (Å²) < 4.78 is 0.782. The van der Waals surface area contributed by atoms with E-state index in [1.54, 1.807) is 15.9 Å². The number of nitrogens with one attached hydrogen (secondary N) is 1. The Balaban J connectivity index is 1.41. The molecule has 1 fully saturated rings. The molecule has 0 bridgehead atoms. The maximum absolute atomic E-state index is 12.9. The molecule has 2 heterocycles. The molecule has 154 valence electrons. The second kappa shape index (κ2) is 8.44. The summed E-state index contributed by atoms with van der Waals surface area (Å²) in [5, 5.41) is 7.20. The molecule has 0 aliphatic carbocycles. The van der Waals surface area contributed by atoms with E-state index in [4.69, 9.17) is 0 Å². The molecule has 1 aliphatic rings. The van der Waals surface area contributed by atoms with E-state index in [1.165, 1.54) is 11.1 Å². The Morgan fingerprint density at radius 2 is 1.57 bits per heavy atom. The molecular weight excluding hydrogens is 444 g/mol. The number of hydrogen-bond acceptors (Lipinski definition) is 3. The first-order chi connectivity index (χ1) is 14.4. The zero-order valence-electron chi connectivity index (χ0n) is 17.0. The monoisotopic (exact) mass is 466 g/mol. The van der Waals surface area contributed by atoms with Crippen molar-refractivity contribution in [1.29, 1.82) is 0 Å². The van der Waals surface area contributed by atoms with Crippen LogP contribution in [0.15, 0.2) is 53.0 Å². The van der Waals surface area contributed by atoms with E-state index in [2.05, 4.69) is 52.1 Å². The van der Waals surface area contributed by atoms with E-state index in [0.717, 1.165) is 15.7 Å². The number of aryl methyl sites for hydroxylation is 2. The average molecular weight is 467 g/mol. The van der Waals surface area contributed by atoms with Gasteiger partial charge in [-0.3, -0.25) is 14.7 Å². The molecule has 4 rings (SSSR count). The summed E-state index contributed by atoms with van der Waals surface area (Å²) in [7, 11) is 0. The largest absolute Gasteiger partial charge is 0.335 e. The number of aromatic amines is 1. The lowest BCUT2D eigenvalue weighted by Crippen LogP contribution is -2.50. The molecule has 3 aromatic rings. The van der Waals surface area contributed by atoms with Crippen molar-refractivity contribution in [2.75, 3.05) is 26.2 Å². The molecule has 2 amide bonds. The molecule has 1 saturated heterocycles. The summed E-state index contributed by atoms with van der Waals surface area (Å²) in [6, 6.07) is 15.3. The van der Waals surface area contributed by atoms with Gasteiger partial charge in [-0.15, -0.1) is 0 Å². The minimum Gasteiger partial charge on any atom is -0.335 e. The number of hydrogen-bond donors (Lipinski definition) is 1. The summed E-state index contributed by atoms with van der Waals surface area (Å²) in [6.45, 7) is 6.12. The summed E-state index contributed by atoms with van der Waals surface area (Å²) in [4.78, 5) is 29.2. The second-order valence-electron chi connectivity index (χ2n) is 7.53. The van der Waals surface area contributed by atoms with Gasteiger partial charge in [-0.1, -0.05) is 24.3 Å². The van der Waals surface area contributed by atoms with Crippen LogP contribution >= 0.6 is 15.9 Å². The second-order valence-corrected chi connectivity index (χ2v) is 8.38. The van der Waals surface area contributed by atoms with Gasteiger partial charge in [-0.25, -0.2) is 0 Å². The van der Waals surface area contributed by atoms with Gasteiger partial charge >= 0.3 is 0 Å². The predicted molar refractivity (Wildman–Crippen MR) is 119 cm³/mol. The van der Waals surface area contributed by atoms with Gasteiger partial charge in [0.15, 0.2) is 0 Å². The molecule has 0 unspecified atom stereocenters. The zero-order chi connectivity index (χ0) is 21.3. The fourth-order valence-corrected chi connectivity index (χ4v) is 4.02. The SMILES string of the molecule is Cc1ccc(-c2cc(C(=O)N3CCN(C(=O)c4ccccc4Br)CC3)[nH]n2)cc1C. The highest BCUT2D eigenvalue weighted by atomic mass is 79.9. The molecule has 7 heteroatoms. The zero-order valence-corrected chi connectivity index (χ0v) is 18.6. The fourth-order valence-electron chi connectivity index (χ4n) is 3.57. The highest BCUT2D eigenvalue weighted by Crippen LogP contribution is 2.22. The maximum atomic E-state index is 12.9. The van der Waals surface area contributed by atoms with Crippen molar-refractivity contribution in [1.82, 2.24) is 20.0 Å². The third-order valence-electron chi connectivity index (χ3n) is 5.57. The molecule has 30 heavy (non-hydrogen) atoms. The molecule has 0 radical (unpaired) electrons. The predicted octanol–water partition coefficient (Wildman–Crippen LogP) is 4.05. The fraction of sp³-hybridized carbons (Fsp3) is 0.261. The van der Waals surface area contributed by atoms with Gasteiger partial charge in [0, 0.05) is 36.2 Å². The number of nitrogens with zero attached hydrogens (tertiary/aromatic N) is 3. The van der Waals surface area contributed by atoms with Crippen molar-refractivity contribution >= 4 is 27.7 Å². The van der Waals surface area contributed by atoms with Crippen LogP contribution in [0.1, 0.15) is 32.0 Å². The summed E-state index contributed by atoms with van der Waals surface area (Å²) >= 11 is 3.44. The van der Waals surface area contributed by atoms with Crippen molar-refractivity contribution in [3.63, 3.8) is 0 Å². The Hall–Kier alpha value is -2.93. The van der Waals surface area contributed by atoms with E-state index in [-0.39, 0.29) is 11.8 Å². The van der Waals surface area contributed by atoms with Crippen LogP contribution in [0, 0.1) is 13.8 Å². The van der Waals surface area contributed by atoms with Crippen LogP contribution in [-0.4, -0.2) is 58.0 Å². The van der Waals surface area contributed by atoms with E-state index >= 15 is 0 Å². The van der Waals surface area contributed by atoms with Gasteiger partial charge in [-0.2, -0.15) is 5.10 Å². The van der Waals surface area contributed by atoms with E-state index in [1.807, 2.05) is 30.3 Å². The van der Waals surface area contributed by atoms with Gasteiger partial charge in [-0.05, 0) is 65.2 Å². The topological polar surface area (TPSA) is 69.3 Å². The van der Waals surface area contributed by atoms with Crippen molar-refractivity contribution in [3.8, 4) is 11.3 Å². The van der Waals surface area contributed by atoms with Crippen LogP contribution in [-0.2, 0) is 0 Å². The Kier molecular flexibility index (Phi) is 5.72. The van der Waals surface area contributed by atoms with Crippen LogP contribution in [0.5, 0.6) is 0 Å². The van der Waals surface area contributed by atoms with Crippen molar-refractivity contribution in [3.05, 3.63) is 75.4 Å². The number of benzene rings is 2. The summed E-state index contributed by atoms with van der Waals surface area (Å²) in [5.74, 6) is -0.112. The lowest BCUT2D eigenvalue weighted by Gasteiger charge is -2.34. The van der Waals surface area contributed by atoms with Crippen LogP contribution < -0.4 is 0 Å². The quantitative estimate of drug-likeness (QED) is 0.632. The Bertz CT molecular complexity index is 1100. The lowest BCUT2D eigenvalue weighted by molar-refractivity contribution is 0.0532. The van der Waals surface area contributed by atoms with E-state index in [0.29, 0.717) is 37.4 Å². The van der Waals surface area contributed by atoms with Crippen LogP contribution in [0.3, 0.4) is 0 Å². The van der Waals surface area contributed by atoms with Crippen LogP contribution in [0.2, 0.25) is 0 Å². The lowest BCUT2D eigenvalue weighted by atomic mass is 10.0. The molecule has 1 aliphatic heterocycles. The number of aromatic nitrogens is 2. The normalized spacial score (nSPS) is 14.1. The maximum Gasteiger partial charge on any atom is 0.272 e. The average Bonchev–Trinajstić information content (AvgIpc) is 3.25. The molecule has 0 atom stereocenters. The molecule has 1 N–H and O–H groups in total. The molecule has 1 aromatic heterocycles. The minimum atomic E-state index is -0.0921. The van der Waals surface area contributed by atoms with E-state index in [9.17, 15) is 9.59 Å². The Morgan fingerprint density at radius 1 is 0.900 bits per heavy atom. The molecule has 0 spiro atoms. The summed E-state index contributed by atoms with van der Waals surface area (Å²) in [5.41, 5.74) is 5.26. The molecule has 6 nitrogen and oxygen atoms in total. The van der Waals surface area contributed by atoms with Crippen LogP contribution in [0.4, 0.5) is 0 Å². The third-order valence-corrected chi connectivity index (χ3v) is 6.26. The van der Waals surface area contributed by atoms with Gasteiger partial charge in [0.1, 0.15) is 5.69 Å². The number of piperazine rings is 1. The third kappa shape index (κ3) is 4.03. The first-order valence-corrected chi connectivity index (χ1v) is 10.7. The molecule has 0 saturated carbocycles. The molecular formula is C23H23BrN4O2. The smallest absolute Gasteiger partial charge is 0.272 e. The van der Waals surface area contributed by atoms with Crippen molar-refractivity contribution in [2.24, 2.45) is 0 Å². The number of halogens is 1. The summed E-state index contributed by atoms with van der Waals surface area (Å²) in [6.07, 6.45) is 0.